The number of nitrogens with one attached hydrogen (secondary N) is 1. The third-order valence-corrected chi connectivity index (χ3v) is 4.95. The van der Waals surface area contributed by atoms with Gasteiger partial charge in [-0.25, -0.2) is 0 Å². The zero-order valence-corrected chi connectivity index (χ0v) is 14.9. The van der Waals surface area contributed by atoms with Gasteiger partial charge in [-0.2, -0.15) is 0 Å². The molecule has 1 N–H and O–H groups in total. The van der Waals surface area contributed by atoms with Gasteiger partial charge in [-0.3, -0.25) is 9.59 Å². The Morgan fingerprint density at radius 1 is 0.920 bits per heavy atom. The Morgan fingerprint density at radius 3 is 2.32 bits per heavy atom. The summed E-state index contributed by atoms with van der Waals surface area (Å²) in [5, 5.41) is 5.46. The lowest BCUT2D eigenvalue weighted by atomic mass is 9.98. The Kier molecular flexibility index (Phi) is 5.64. The summed E-state index contributed by atoms with van der Waals surface area (Å²) in [4.78, 5) is 26.4. The predicted octanol–water partition coefficient (Wildman–Crippen LogP) is 4.61. The maximum atomic E-state index is 12.7. The van der Waals surface area contributed by atoms with Crippen LogP contribution in [-0.4, -0.2) is 18.2 Å². The maximum absolute atomic E-state index is 12.7. The number of ketones is 1. The molecule has 0 bridgehead atoms. The first-order valence-corrected chi connectivity index (χ1v) is 9.11. The van der Waals surface area contributed by atoms with E-state index in [4.69, 9.17) is 11.6 Å². The van der Waals surface area contributed by atoms with Gasteiger partial charge in [0.25, 0.3) is 5.91 Å². The summed E-state index contributed by atoms with van der Waals surface area (Å²) in [6.07, 6.45) is 0.775. The number of rotatable bonds is 6. The molecule has 5 heteroatoms. The molecule has 3 nitrogen and oxygen atoms in total. The van der Waals surface area contributed by atoms with E-state index in [2.05, 4.69) is 5.32 Å². The van der Waals surface area contributed by atoms with Crippen LogP contribution in [0.3, 0.4) is 0 Å². The standard InChI is InChI=1S/C20H16ClNO2S/c21-15-9-7-14(8-10-15)19(23)17-5-1-2-6-18(17)20(24)22-12-11-16-4-3-13-25-16/h1-10,13H,11-12H2,(H,22,24). The molecule has 0 radical (unpaired) electrons. The van der Waals surface area contributed by atoms with Gasteiger partial charge in [0.1, 0.15) is 0 Å². The summed E-state index contributed by atoms with van der Waals surface area (Å²) in [5.74, 6) is -0.435. The summed E-state index contributed by atoms with van der Waals surface area (Å²) < 4.78 is 0. The second-order valence-electron chi connectivity index (χ2n) is 5.47. The second kappa shape index (κ2) is 8.10. The van der Waals surface area contributed by atoms with Crippen LogP contribution in [0.15, 0.2) is 66.0 Å². The van der Waals surface area contributed by atoms with Crippen LogP contribution in [0, 0.1) is 0 Å². The SMILES string of the molecule is O=C(NCCc1cccs1)c1ccccc1C(=O)c1ccc(Cl)cc1. The molecule has 25 heavy (non-hydrogen) atoms. The van der Waals surface area contributed by atoms with Crippen molar-refractivity contribution in [3.8, 4) is 0 Å². The van der Waals surface area contributed by atoms with Gasteiger partial charge in [0.05, 0.1) is 5.56 Å². The Hall–Kier alpha value is -2.43. The number of halogens is 1. The number of carbonyl (C=O) groups excluding carboxylic acids is 2. The van der Waals surface area contributed by atoms with E-state index in [-0.39, 0.29) is 11.7 Å². The Balaban J connectivity index is 1.74. The van der Waals surface area contributed by atoms with Crippen molar-refractivity contribution in [2.75, 3.05) is 6.54 Å². The molecule has 0 saturated carbocycles. The van der Waals surface area contributed by atoms with Gasteiger partial charge in [-0.15, -0.1) is 11.3 Å². The summed E-state index contributed by atoms with van der Waals surface area (Å²) in [6.45, 7) is 0.531. The minimum absolute atomic E-state index is 0.194. The first-order chi connectivity index (χ1) is 12.1. The van der Waals surface area contributed by atoms with Crippen molar-refractivity contribution in [2.45, 2.75) is 6.42 Å². The summed E-state index contributed by atoms with van der Waals surface area (Å²) in [7, 11) is 0. The predicted molar refractivity (Wildman–Crippen MR) is 102 cm³/mol. The van der Waals surface area contributed by atoms with E-state index in [0.29, 0.717) is 28.3 Å². The summed E-state index contributed by atoms with van der Waals surface area (Å²) in [5.41, 5.74) is 1.27. The third kappa shape index (κ3) is 4.35. The minimum atomic E-state index is -0.241. The van der Waals surface area contributed by atoms with E-state index in [0.717, 1.165) is 6.42 Å². The average molecular weight is 370 g/mol. The maximum Gasteiger partial charge on any atom is 0.252 e. The number of hydrogen-bond donors (Lipinski definition) is 1. The van der Waals surface area contributed by atoms with E-state index >= 15 is 0 Å². The van der Waals surface area contributed by atoms with E-state index in [1.54, 1.807) is 59.9 Å². The molecule has 0 fully saturated rings. The van der Waals surface area contributed by atoms with Gasteiger partial charge in [0.2, 0.25) is 0 Å². The van der Waals surface area contributed by atoms with Crippen LogP contribution in [-0.2, 0) is 6.42 Å². The average Bonchev–Trinajstić information content (AvgIpc) is 3.15. The van der Waals surface area contributed by atoms with E-state index in [1.165, 1.54) is 4.88 Å². The molecule has 1 heterocycles. The molecule has 0 saturated heterocycles. The van der Waals surface area contributed by atoms with Gasteiger partial charge in [-0.05, 0) is 48.2 Å². The Labute approximate surface area is 155 Å². The zero-order chi connectivity index (χ0) is 17.6. The molecule has 0 aliphatic carbocycles. The molecule has 1 amide bonds. The number of thiophene rings is 1. The van der Waals surface area contributed by atoms with Crippen LogP contribution in [0.5, 0.6) is 0 Å². The fourth-order valence-electron chi connectivity index (χ4n) is 2.49. The third-order valence-electron chi connectivity index (χ3n) is 3.76. The largest absolute Gasteiger partial charge is 0.352 e. The lowest BCUT2D eigenvalue weighted by molar-refractivity contribution is 0.0942. The highest BCUT2D eigenvalue weighted by atomic mass is 35.5. The zero-order valence-electron chi connectivity index (χ0n) is 13.4. The highest BCUT2D eigenvalue weighted by molar-refractivity contribution is 7.09. The fraction of sp³-hybridized carbons (Fsp3) is 0.100. The van der Waals surface area contributed by atoms with Crippen molar-refractivity contribution in [3.05, 3.63) is 92.6 Å². The van der Waals surface area contributed by atoms with Crippen LogP contribution in [0.1, 0.15) is 31.2 Å². The van der Waals surface area contributed by atoms with Crippen LogP contribution >= 0.6 is 22.9 Å². The van der Waals surface area contributed by atoms with Crippen LogP contribution in [0.4, 0.5) is 0 Å². The fourth-order valence-corrected chi connectivity index (χ4v) is 3.32. The van der Waals surface area contributed by atoms with Crippen LogP contribution in [0.2, 0.25) is 5.02 Å². The minimum Gasteiger partial charge on any atom is -0.352 e. The number of amides is 1. The van der Waals surface area contributed by atoms with Gasteiger partial charge in [0, 0.05) is 27.6 Å². The van der Waals surface area contributed by atoms with Crippen molar-refractivity contribution in [1.82, 2.24) is 5.32 Å². The van der Waals surface area contributed by atoms with Gasteiger partial charge in [0.15, 0.2) is 5.78 Å². The first kappa shape index (κ1) is 17.4. The first-order valence-electron chi connectivity index (χ1n) is 7.85. The van der Waals surface area contributed by atoms with Gasteiger partial charge in [-0.1, -0.05) is 35.9 Å². The lowest BCUT2D eigenvalue weighted by Gasteiger charge is -2.09. The molecule has 0 aliphatic rings. The Morgan fingerprint density at radius 2 is 1.64 bits per heavy atom. The van der Waals surface area contributed by atoms with Crippen molar-refractivity contribution in [1.29, 1.82) is 0 Å². The Bertz CT molecular complexity index is 873. The van der Waals surface area contributed by atoms with Crippen LogP contribution in [0.25, 0.3) is 0 Å². The molecule has 0 unspecified atom stereocenters. The van der Waals surface area contributed by atoms with E-state index < -0.39 is 0 Å². The van der Waals surface area contributed by atoms with E-state index in [9.17, 15) is 9.59 Å². The molecule has 3 aromatic rings. The quantitative estimate of drug-likeness (QED) is 0.645. The molecule has 0 aliphatic heterocycles. The van der Waals surface area contributed by atoms with Gasteiger partial charge < -0.3 is 5.32 Å². The highest BCUT2D eigenvalue weighted by Crippen LogP contribution is 2.17. The number of benzene rings is 2. The lowest BCUT2D eigenvalue weighted by Crippen LogP contribution is -2.27. The normalized spacial score (nSPS) is 10.4. The highest BCUT2D eigenvalue weighted by Gasteiger charge is 2.17. The van der Waals surface area contributed by atoms with Crippen molar-refractivity contribution >= 4 is 34.6 Å². The van der Waals surface area contributed by atoms with Crippen molar-refractivity contribution in [3.63, 3.8) is 0 Å². The molecule has 3 rings (SSSR count). The molecule has 0 spiro atoms. The molecule has 126 valence electrons. The number of carbonyl (C=O) groups is 2. The molecule has 1 aromatic heterocycles. The molecular formula is C20H16ClNO2S. The second-order valence-corrected chi connectivity index (χ2v) is 6.94. The van der Waals surface area contributed by atoms with Crippen molar-refractivity contribution in [2.24, 2.45) is 0 Å². The summed E-state index contributed by atoms with van der Waals surface area (Å²) in [6, 6.07) is 17.5. The monoisotopic (exact) mass is 369 g/mol. The van der Waals surface area contributed by atoms with Crippen molar-refractivity contribution < 1.29 is 9.59 Å². The smallest absolute Gasteiger partial charge is 0.252 e. The molecular weight excluding hydrogens is 354 g/mol. The van der Waals surface area contributed by atoms with Crippen LogP contribution < -0.4 is 5.32 Å². The molecule has 0 atom stereocenters. The van der Waals surface area contributed by atoms with E-state index in [1.807, 2.05) is 17.5 Å². The van der Waals surface area contributed by atoms with Gasteiger partial charge >= 0.3 is 0 Å². The summed E-state index contributed by atoms with van der Waals surface area (Å²) >= 11 is 7.53. The number of hydrogen-bond acceptors (Lipinski definition) is 3. The topological polar surface area (TPSA) is 46.2 Å². The molecule has 2 aromatic carbocycles.